The fraction of sp³-hybridized carbons (Fsp3) is 0.176. The summed E-state index contributed by atoms with van der Waals surface area (Å²) in [5, 5.41) is 0. The zero-order valence-electron chi connectivity index (χ0n) is 12.2. The molecule has 0 unspecified atom stereocenters. The predicted molar refractivity (Wildman–Crippen MR) is 95.4 cm³/mol. The van der Waals surface area contributed by atoms with E-state index >= 15 is 0 Å². The molecule has 22 heavy (non-hydrogen) atoms. The largest absolute Gasteiger partial charge is 0.351 e. The topological polar surface area (TPSA) is 25.2 Å². The maximum absolute atomic E-state index is 12.5. The molecule has 2 aromatic rings. The molecule has 3 rings (SSSR count). The Balaban J connectivity index is 1.72. The summed E-state index contributed by atoms with van der Waals surface area (Å²) in [4.78, 5) is 14.9. The van der Waals surface area contributed by atoms with Crippen LogP contribution in [-0.4, -0.2) is 26.2 Å². The maximum atomic E-state index is 12.5. The number of aromatic nitrogens is 1. The second-order valence-corrected chi connectivity index (χ2v) is 6.79. The van der Waals surface area contributed by atoms with E-state index in [0.29, 0.717) is 15.8 Å². The first-order valence-corrected chi connectivity index (χ1v) is 8.28. The molecule has 1 fully saturated rings. The minimum absolute atomic E-state index is 0.00660. The van der Waals surface area contributed by atoms with E-state index < -0.39 is 0 Å². The third-order valence-electron chi connectivity index (χ3n) is 3.60. The number of carbonyl (C=O) groups excluding carboxylic acids is 1. The Kier molecular flexibility index (Phi) is 4.45. The second-order valence-electron chi connectivity index (χ2n) is 5.11. The zero-order chi connectivity index (χ0) is 15.5. The van der Waals surface area contributed by atoms with Crippen LogP contribution in [0.25, 0.3) is 6.08 Å². The SMILES string of the molecule is Cn1cccc1C=C1SC(=S)N(CCc2ccccc2)C1=O. The predicted octanol–water partition coefficient (Wildman–Crippen LogP) is 3.47. The molecule has 1 aromatic carbocycles. The normalized spacial score (nSPS) is 16.8. The van der Waals surface area contributed by atoms with Crippen LogP contribution in [0.4, 0.5) is 0 Å². The van der Waals surface area contributed by atoms with Gasteiger partial charge in [0.05, 0.1) is 4.91 Å². The van der Waals surface area contributed by atoms with E-state index in [4.69, 9.17) is 12.2 Å². The first-order valence-electron chi connectivity index (χ1n) is 7.06. The number of hydrogen-bond acceptors (Lipinski definition) is 3. The minimum Gasteiger partial charge on any atom is -0.351 e. The molecule has 0 aliphatic carbocycles. The van der Waals surface area contributed by atoms with Gasteiger partial charge >= 0.3 is 0 Å². The van der Waals surface area contributed by atoms with Gasteiger partial charge in [-0.2, -0.15) is 0 Å². The van der Waals surface area contributed by atoms with Crippen molar-refractivity contribution in [1.29, 1.82) is 0 Å². The fourth-order valence-corrected chi connectivity index (χ4v) is 3.63. The van der Waals surface area contributed by atoms with Crippen molar-refractivity contribution in [2.24, 2.45) is 7.05 Å². The smallest absolute Gasteiger partial charge is 0.266 e. The van der Waals surface area contributed by atoms with Crippen LogP contribution in [0.15, 0.2) is 53.6 Å². The van der Waals surface area contributed by atoms with E-state index in [1.54, 1.807) is 4.90 Å². The number of thiocarbonyl (C=S) groups is 1. The number of amides is 1. The van der Waals surface area contributed by atoms with Crippen molar-refractivity contribution < 1.29 is 4.79 Å². The van der Waals surface area contributed by atoms with Crippen molar-refractivity contribution in [3.63, 3.8) is 0 Å². The number of aryl methyl sites for hydroxylation is 1. The summed E-state index contributed by atoms with van der Waals surface area (Å²) >= 11 is 6.74. The summed E-state index contributed by atoms with van der Waals surface area (Å²) in [6, 6.07) is 14.1. The van der Waals surface area contributed by atoms with Crippen LogP contribution in [0.1, 0.15) is 11.3 Å². The summed E-state index contributed by atoms with van der Waals surface area (Å²) < 4.78 is 2.62. The molecule has 1 saturated heterocycles. The van der Waals surface area contributed by atoms with Gasteiger partial charge in [0, 0.05) is 25.5 Å². The molecule has 3 nitrogen and oxygen atoms in total. The third-order valence-corrected chi connectivity index (χ3v) is 4.98. The number of nitrogens with zero attached hydrogens (tertiary/aromatic N) is 2. The summed E-state index contributed by atoms with van der Waals surface area (Å²) in [7, 11) is 1.96. The van der Waals surface area contributed by atoms with Crippen molar-refractivity contribution in [2.45, 2.75) is 6.42 Å². The molecule has 0 N–H and O–H groups in total. The summed E-state index contributed by atoms with van der Waals surface area (Å²) in [6.07, 6.45) is 4.68. The van der Waals surface area contributed by atoms with Crippen LogP contribution in [0.2, 0.25) is 0 Å². The molecule has 5 heteroatoms. The van der Waals surface area contributed by atoms with Gasteiger partial charge in [0.25, 0.3) is 5.91 Å². The Labute approximate surface area is 139 Å². The van der Waals surface area contributed by atoms with Gasteiger partial charge in [-0.25, -0.2) is 0 Å². The Morgan fingerprint density at radius 1 is 1.18 bits per heavy atom. The van der Waals surface area contributed by atoms with Crippen LogP contribution in [0.5, 0.6) is 0 Å². The molecule has 0 bridgehead atoms. The standard InChI is InChI=1S/C17H16N2OS2/c1-18-10-5-8-14(18)12-15-16(20)19(17(21)22-15)11-9-13-6-3-2-4-7-13/h2-8,10,12H,9,11H2,1H3. The average molecular weight is 328 g/mol. The number of benzene rings is 1. The van der Waals surface area contributed by atoms with Crippen molar-refractivity contribution in [2.75, 3.05) is 6.54 Å². The summed E-state index contributed by atoms with van der Waals surface area (Å²) in [6.45, 7) is 0.624. The molecule has 0 spiro atoms. The van der Waals surface area contributed by atoms with Crippen molar-refractivity contribution in [3.05, 3.63) is 64.8 Å². The average Bonchev–Trinajstić information content (AvgIpc) is 3.03. The molecule has 0 radical (unpaired) electrons. The van der Waals surface area contributed by atoms with Crippen LogP contribution in [-0.2, 0) is 18.3 Å². The Morgan fingerprint density at radius 3 is 2.64 bits per heavy atom. The highest BCUT2D eigenvalue weighted by Crippen LogP contribution is 2.32. The number of carbonyl (C=O) groups is 1. The van der Waals surface area contributed by atoms with Crippen LogP contribution in [0, 0.1) is 0 Å². The van der Waals surface area contributed by atoms with Gasteiger partial charge in [0.2, 0.25) is 0 Å². The number of hydrogen-bond donors (Lipinski definition) is 0. The first kappa shape index (κ1) is 15.1. The molecule has 1 aliphatic rings. The maximum Gasteiger partial charge on any atom is 0.266 e. The Bertz CT molecular complexity index is 734. The van der Waals surface area contributed by atoms with Gasteiger partial charge in [0.1, 0.15) is 4.32 Å². The lowest BCUT2D eigenvalue weighted by Crippen LogP contribution is -2.30. The fourth-order valence-electron chi connectivity index (χ4n) is 2.34. The van der Waals surface area contributed by atoms with Gasteiger partial charge in [-0.05, 0) is 30.2 Å². The molecular weight excluding hydrogens is 312 g/mol. The van der Waals surface area contributed by atoms with E-state index in [1.807, 2.05) is 54.2 Å². The molecule has 1 amide bonds. The highest BCUT2D eigenvalue weighted by atomic mass is 32.2. The zero-order valence-corrected chi connectivity index (χ0v) is 13.9. The molecule has 1 aliphatic heterocycles. The third kappa shape index (κ3) is 3.15. The quantitative estimate of drug-likeness (QED) is 0.635. The lowest BCUT2D eigenvalue weighted by Gasteiger charge is -2.14. The van der Waals surface area contributed by atoms with Crippen LogP contribution >= 0.6 is 24.0 Å². The molecule has 112 valence electrons. The molecule has 0 atom stereocenters. The van der Waals surface area contributed by atoms with Gasteiger partial charge in [-0.15, -0.1) is 0 Å². The minimum atomic E-state index is 0.00660. The summed E-state index contributed by atoms with van der Waals surface area (Å²) in [5.41, 5.74) is 2.21. The lowest BCUT2D eigenvalue weighted by atomic mass is 10.1. The lowest BCUT2D eigenvalue weighted by molar-refractivity contribution is -0.122. The number of rotatable bonds is 4. The summed E-state index contributed by atoms with van der Waals surface area (Å²) in [5.74, 6) is 0.00660. The van der Waals surface area contributed by atoms with Gasteiger partial charge in [0.15, 0.2) is 0 Å². The van der Waals surface area contributed by atoms with E-state index in [-0.39, 0.29) is 5.91 Å². The van der Waals surface area contributed by atoms with E-state index in [2.05, 4.69) is 12.1 Å². The highest BCUT2D eigenvalue weighted by molar-refractivity contribution is 8.26. The monoisotopic (exact) mass is 328 g/mol. The Morgan fingerprint density at radius 2 is 1.95 bits per heavy atom. The molecule has 0 saturated carbocycles. The molecule has 1 aromatic heterocycles. The van der Waals surface area contributed by atoms with Crippen molar-refractivity contribution >= 4 is 40.3 Å². The van der Waals surface area contributed by atoms with Crippen LogP contribution < -0.4 is 0 Å². The van der Waals surface area contributed by atoms with Crippen molar-refractivity contribution in [3.8, 4) is 0 Å². The number of thioether (sulfide) groups is 1. The molecular formula is C17H16N2OS2. The first-order chi connectivity index (χ1) is 10.6. The second kappa shape index (κ2) is 6.50. The van der Waals surface area contributed by atoms with Gasteiger partial charge in [-0.1, -0.05) is 54.3 Å². The van der Waals surface area contributed by atoms with E-state index in [1.165, 1.54) is 17.3 Å². The van der Waals surface area contributed by atoms with Crippen LogP contribution in [0.3, 0.4) is 0 Å². The Hall–Kier alpha value is -1.85. The highest BCUT2D eigenvalue weighted by Gasteiger charge is 2.31. The molecule has 2 heterocycles. The van der Waals surface area contributed by atoms with Gasteiger partial charge in [-0.3, -0.25) is 9.69 Å². The van der Waals surface area contributed by atoms with Gasteiger partial charge < -0.3 is 4.57 Å². The van der Waals surface area contributed by atoms with Crippen molar-refractivity contribution in [1.82, 2.24) is 9.47 Å². The van der Waals surface area contributed by atoms with E-state index in [9.17, 15) is 4.79 Å². The van der Waals surface area contributed by atoms with E-state index in [0.717, 1.165) is 12.1 Å².